The molecule has 0 heterocycles. The molecule has 0 spiro atoms. The van der Waals surface area contributed by atoms with E-state index in [1.807, 2.05) is 0 Å². The van der Waals surface area contributed by atoms with E-state index in [0.717, 1.165) is 6.42 Å². The third kappa shape index (κ3) is 1.62. The summed E-state index contributed by atoms with van der Waals surface area (Å²) in [7, 11) is 0. The van der Waals surface area contributed by atoms with Gasteiger partial charge in [-0.25, -0.2) is 0 Å². The Morgan fingerprint density at radius 3 is 2.06 bits per heavy atom. The first-order chi connectivity index (χ1) is 7.32. The van der Waals surface area contributed by atoms with Gasteiger partial charge in [0.1, 0.15) is 0 Å². The molecule has 0 aromatic heterocycles. The van der Waals surface area contributed by atoms with E-state index >= 15 is 0 Å². The smallest absolute Gasteiger partial charge is 0.264 e. The molecule has 88 valence electrons. The van der Waals surface area contributed by atoms with E-state index in [1.165, 1.54) is 0 Å². The summed E-state index contributed by atoms with van der Waals surface area (Å²) in [6.07, 6.45) is 2.38. The first-order valence-corrected chi connectivity index (χ1v) is 5.94. The molecular formula is C13H18O3. The predicted molar refractivity (Wildman–Crippen MR) is 58.8 cm³/mol. The third-order valence-corrected chi connectivity index (χ3v) is 4.20. The Hall–Kier alpha value is -0.990. The molecule has 3 unspecified atom stereocenters. The van der Waals surface area contributed by atoms with Crippen molar-refractivity contribution in [1.82, 2.24) is 0 Å². The van der Waals surface area contributed by atoms with Crippen LogP contribution in [-0.4, -0.2) is 17.3 Å². The number of Topliss-reactive ketones (excluding diaryl/α,β-unsaturated/α-hetero) is 3. The summed E-state index contributed by atoms with van der Waals surface area (Å²) in [6, 6.07) is 0. The van der Waals surface area contributed by atoms with Gasteiger partial charge in [0.15, 0.2) is 0 Å². The van der Waals surface area contributed by atoms with Crippen molar-refractivity contribution < 1.29 is 14.4 Å². The van der Waals surface area contributed by atoms with Crippen LogP contribution in [0.1, 0.15) is 40.0 Å². The van der Waals surface area contributed by atoms with Crippen LogP contribution in [0.5, 0.6) is 0 Å². The van der Waals surface area contributed by atoms with Gasteiger partial charge in [0.25, 0.3) is 5.78 Å². The molecule has 3 heteroatoms. The Morgan fingerprint density at radius 1 is 0.938 bits per heavy atom. The number of hydrogen-bond acceptors (Lipinski definition) is 3. The van der Waals surface area contributed by atoms with E-state index in [2.05, 4.69) is 20.8 Å². The van der Waals surface area contributed by atoms with Crippen LogP contribution >= 0.6 is 0 Å². The van der Waals surface area contributed by atoms with E-state index in [-0.39, 0.29) is 17.3 Å². The van der Waals surface area contributed by atoms with Crippen LogP contribution in [-0.2, 0) is 14.4 Å². The van der Waals surface area contributed by atoms with E-state index in [1.54, 1.807) is 0 Å². The largest absolute Gasteiger partial charge is 0.290 e. The topological polar surface area (TPSA) is 51.2 Å². The Morgan fingerprint density at radius 2 is 1.50 bits per heavy atom. The van der Waals surface area contributed by atoms with Crippen LogP contribution in [0, 0.1) is 23.2 Å². The van der Waals surface area contributed by atoms with Gasteiger partial charge in [-0.2, -0.15) is 0 Å². The van der Waals surface area contributed by atoms with Crippen LogP contribution in [0.25, 0.3) is 0 Å². The molecule has 2 aliphatic rings. The lowest BCUT2D eigenvalue weighted by Gasteiger charge is -2.37. The summed E-state index contributed by atoms with van der Waals surface area (Å²) in [4.78, 5) is 34.5. The summed E-state index contributed by atoms with van der Waals surface area (Å²) in [5.74, 6) is -1.76. The highest BCUT2D eigenvalue weighted by Gasteiger charge is 2.52. The van der Waals surface area contributed by atoms with Crippen molar-refractivity contribution in [3.8, 4) is 0 Å². The van der Waals surface area contributed by atoms with Crippen molar-refractivity contribution in [2.24, 2.45) is 23.2 Å². The summed E-state index contributed by atoms with van der Waals surface area (Å²) in [5, 5.41) is 0. The fourth-order valence-corrected chi connectivity index (χ4v) is 3.02. The Balaban J connectivity index is 2.20. The number of carbonyl (C=O) groups is 3. The van der Waals surface area contributed by atoms with Crippen molar-refractivity contribution in [3.05, 3.63) is 0 Å². The molecule has 0 bridgehead atoms. The first-order valence-electron chi connectivity index (χ1n) is 5.94. The van der Waals surface area contributed by atoms with E-state index in [9.17, 15) is 14.4 Å². The molecule has 16 heavy (non-hydrogen) atoms. The third-order valence-electron chi connectivity index (χ3n) is 4.20. The summed E-state index contributed by atoms with van der Waals surface area (Å²) in [5.41, 5.74) is 0.153. The minimum atomic E-state index is -0.746. The molecule has 0 N–H and O–H groups in total. The summed E-state index contributed by atoms with van der Waals surface area (Å²) < 4.78 is 0. The molecule has 2 rings (SSSR count). The van der Waals surface area contributed by atoms with Crippen LogP contribution in [0.4, 0.5) is 0 Å². The lowest BCUT2D eigenvalue weighted by Crippen LogP contribution is -2.33. The van der Waals surface area contributed by atoms with Crippen LogP contribution in [0.2, 0.25) is 0 Å². The second-order valence-corrected chi connectivity index (χ2v) is 6.15. The van der Waals surface area contributed by atoms with Crippen LogP contribution < -0.4 is 0 Å². The summed E-state index contributed by atoms with van der Waals surface area (Å²) >= 11 is 0. The van der Waals surface area contributed by atoms with Crippen molar-refractivity contribution >= 4 is 17.3 Å². The van der Waals surface area contributed by atoms with Crippen LogP contribution in [0.15, 0.2) is 0 Å². The minimum Gasteiger partial charge on any atom is -0.290 e. The number of ketones is 3. The average molecular weight is 222 g/mol. The quantitative estimate of drug-likeness (QED) is 0.587. The number of carbonyl (C=O) groups excluding carboxylic acids is 3. The fraction of sp³-hybridized carbons (Fsp3) is 0.769. The molecule has 2 fully saturated rings. The van der Waals surface area contributed by atoms with Gasteiger partial charge in [-0.3, -0.25) is 14.4 Å². The zero-order chi connectivity index (χ0) is 12.1. The lowest BCUT2D eigenvalue weighted by molar-refractivity contribution is -0.141. The van der Waals surface area contributed by atoms with Gasteiger partial charge >= 0.3 is 0 Å². The predicted octanol–water partition coefficient (Wildman–Crippen LogP) is 1.79. The van der Waals surface area contributed by atoms with Gasteiger partial charge in [-0.15, -0.1) is 0 Å². The lowest BCUT2D eigenvalue weighted by atomic mass is 9.66. The van der Waals surface area contributed by atoms with Crippen molar-refractivity contribution in [1.29, 1.82) is 0 Å². The van der Waals surface area contributed by atoms with Gasteiger partial charge in [-0.1, -0.05) is 20.8 Å². The zero-order valence-electron chi connectivity index (χ0n) is 10.1. The summed E-state index contributed by atoms with van der Waals surface area (Å²) in [6.45, 7) is 6.46. The fourth-order valence-electron chi connectivity index (χ4n) is 3.02. The Labute approximate surface area is 95.6 Å². The molecule has 0 aromatic carbocycles. The Kier molecular flexibility index (Phi) is 2.52. The molecule has 2 saturated carbocycles. The first kappa shape index (κ1) is 11.5. The monoisotopic (exact) mass is 222 g/mol. The van der Waals surface area contributed by atoms with E-state index in [4.69, 9.17) is 0 Å². The van der Waals surface area contributed by atoms with Gasteiger partial charge in [0.2, 0.25) is 11.6 Å². The average Bonchev–Trinajstić information content (AvgIpc) is 2.43. The highest BCUT2D eigenvalue weighted by molar-refractivity contribution is 6.68. The minimum absolute atomic E-state index is 0.153. The molecule has 3 atom stereocenters. The maximum Gasteiger partial charge on any atom is 0.264 e. The van der Waals surface area contributed by atoms with E-state index < -0.39 is 17.3 Å². The maximum atomic E-state index is 11.7. The van der Waals surface area contributed by atoms with Crippen molar-refractivity contribution in [2.45, 2.75) is 40.0 Å². The second-order valence-electron chi connectivity index (χ2n) is 6.15. The zero-order valence-corrected chi connectivity index (χ0v) is 10.1. The van der Waals surface area contributed by atoms with Gasteiger partial charge in [0.05, 0.1) is 0 Å². The molecule has 0 radical (unpaired) electrons. The SMILES string of the molecule is CC(C)(C)C1CCC2C(=O)C(=O)C(=O)C2C1. The molecular weight excluding hydrogens is 204 g/mol. The van der Waals surface area contributed by atoms with Crippen LogP contribution in [0.3, 0.4) is 0 Å². The molecule has 0 saturated heterocycles. The van der Waals surface area contributed by atoms with Crippen molar-refractivity contribution in [2.75, 3.05) is 0 Å². The number of hydrogen-bond donors (Lipinski definition) is 0. The molecule has 0 aromatic rings. The highest BCUT2D eigenvalue weighted by atomic mass is 16.2. The second kappa shape index (κ2) is 3.51. The number of rotatable bonds is 0. The van der Waals surface area contributed by atoms with Crippen molar-refractivity contribution in [3.63, 3.8) is 0 Å². The molecule has 2 aliphatic carbocycles. The van der Waals surface area contributed by atoms with Gasteiger partial charge < -0.3 is 0 Å². The maximum absolute atomic E-state index is 11.7. The molecule has 0 aliphatic heterocycles. The normalized spacial score (nSPS) is 35.4. The molecule has 0 amide bonds. The standard InChI is InChI=1S/C13H18O3/c1-13(2,3)7-4-5-8-9(6-7)11(15)12(16)10(8)14/h7-9H,4-6H2,1-3H3. The molecule has 3 nitrogen and oxygen atoms in total. The van der Waals surface area contributed by atoms with Gasteiger partial charge in [0, 0.05) is 11.8 Å². The number of fused-ring (bicyclic) bond motifs is 1. The van der Waals surface area contributed by atoms with Gasteiger partial charge in [-0.05, 0) is 30.6 Å². The Bertz CT molecular complexity index is 362. The van der Waals surface area contributed by atoms with E-state index in [0.29, 0.717) is 18.8 Å². The highest BCUT2D eigenvalue weighted by Crippen LogP contribution is 2.45.